The van der Waals surface area contributed by atoms with Crippen molar-refractivity contribution in [2.75, 3.05) is 5.88 Å². The summed E-state index contributed by atoms with van der Waals surface area (Å²) in [4.78, 5) is 22.6. The summed E-state index contributed by atoms with van der Waals surface area (Å²) in [7, 11) is -3.17. The summed E-state index contributed by atoms with van der Waals surface area (Å²) in [5, 5.41) is 24.3. The van der Waals surface area contributed by atoms with Gasteiger partial charge in [-0.2, -0.15) is 0 Å². The molecule has 3 aromatic rings. The normalized spacial score (nSPS) is 13.8. The Morgan fingerprint density at radius 1 is 0.750 bits per heavy atom. The van der Waals surface area contributed by atoms with Crippen molar-refractivity contribution in [3.63, 3.8) is 0 Å². The highest BCUT2D eigenvalue weighted by Gasteiger charge is 2.37. The van der Waals surface area contributed by atoms with E-state index in [1.807, 2.05) is 6.07 Å². The number of alkyl halides is 1. The molecular weight excluding hydrogens is 452 g/mol. The Morgan fingerprint density at radius 3 is 1.62 bits per heavy atom. The number of benzene rings is 3. The zero-order valence-corrected chi connectivity index (χ0v) is 18.9. The molecule has 0 aliphatic heterocycles. The maximum Gasteiger partial charge on any atom is 0.367 e. The highest BCUT2D eigenvalue weighted by atomic mass is 35.5. The quantitative estimate of drug-likeness (QED) is 0.138. The fourth-order valence-corrected chi connectivity index (χ4v) is 5.60. The lowest BCUT2D eigenvalue weighted by Crippen LogP contribution is -2.43. The smallest absolute Gasteiger partial charge is 0.327 e. The van der Waals surface area contributed by atoms with Gasteiger partial charge in [-0.1, -0.05) is 60.7 Å². The van der Waals surface area contributed by atoms with Gasteiger partial charge in [-0.25, -0.2) is 0 Å². The topological polar surface area (TPSA) is 105 Å². The Bertz CT molecular complexity index is 981. The van der Waals surface area contributed by atoms with Gasteiger partial charge in [0.1, 0.15) is 0 Å². The molecule has 32 heavy (non-hydrogen) atoms. The summed E-state index contributed by atoms with van der Waals surface area (Å²) in [5.74, 6) is 0.312. The van der Waals surface area contributed by atoms with Crippen molar-refractivity contribution in [3.05, 3.63) is 122 Å². The molecule has 0 fully saturated rings. The minimum atomic E-state index is -3.17. The lowest BCUT2D eigenvalue weighted by molar-refractivity contribution is -0.583. The fourth-order valence-electron chi connectivity index (χ4n) is 3.24. The van der Waals surface area contributed by atoms with Gasteiger partial charge in [0.15, 0.2) is 0 Å². The molecule has 3 aromatic carbocycles. The maximum absolute atomic E-state index is 11.9. The van der Waals surface area contributed by atoms with Gasteiger partial charge in [0.2, 0.25) is 0 Å². The van der Waals surface area contributed by atoms with Gasteiger partial charge in [0.05, 0.1) is 21.0 Å². The third kappa shape index (κ3) is 5.98. The van der Waals surface area contributed by atoms with Gasteiger partial charge in [-0.3, -0.25) is 20.2 Å². The summed E-state index contributed by atoms with van der Waals surface area (Å²) in [5.41, 5.74) is 1.43. The van der Waals surface area contributed by atoms with Crippen LogP contribution < -0.4 is 5.19 Å². The second-order valence-corrected chi connectivity index (χ2v) is 9.05. The first kappa shape index (κ1) is 23.5. The summed E-state index contributed by atoms with van der Waals surface area (Å²) in [6.07, 6.45) is -2.59. The van der Waals surface area contributed by atoms with E-state index in [1.165, 1.54) is 0 Å². The van der Waals surface area contributed by atoms with E-state index in [4.69, 9.17) is 20.5 Å². The molecular formula is C22H21ClN2O6Si. The van der Waals surface area contributed by atoms with Crippen LogP contribution in [0.15, 0.2) is 84.9 Å². The predicted molar refractivity (Wildman–Crippen MR) is 122 cm³/mol. The lowest BCUT2D eigenvalue weighted by Gasteiger charge is -2.23. The van der Waals surface area contributed by atoms with Gasteiger partial charge in [0, 0.05) is 5.88 Å². The number of rotatable bonds is 11. The van der Waals surface area contributed by atoms with E-state index in [1.54, 1.807) is 78.9 Å². The van der Waals surface area contributed by atoms with E-state index in [9.17, 15) is 20.2 Å². The molecule has 0 radical (unpaired) electrons. The highest BCUT2D eigenvalue weighted by Crippen LogP contribution is 2.24. The van der Waals surface area contributed by atoms with Crippen LogP contribution in [-0.2, 0) is 15.3 Å². The molecule has 0 spiro atoms. The Hall–Kier alpha value is -3.11. The number of hydrogen-bond donors (Lipinski definition) is 0. The van der Waals surface area contributed by atoms with Gasteiger partial charge < -0.3 is 8.85 Å². The van der Waals surface area contributed by atoms with E-state index in [0.29, 0.717) is 28.6 Å². The molecule has 0 aliphatic carbocycles. The van der Waals surface area contributed by atoms with Crippen molar-refractivity contribution >= 4 is 26.1 Å². The fraction of sp³-hybridized carbons (Fsp3) is 0.182. The molecule has 0 aliphatic rings. The van der Waals surface area contributed by atoms with Crippen LogP contribution in [-0.4, -0.2) is 25.0 Å². The van der Waals surface area contributed by atoms with E-state index in [0.717, 1.165) is 5.56 Å². The van der Waals surface area contributed by atoms with Crippen LogP contribution in [0.5, 0.6) is 0 Å². The van der Waals surface area contributed by atoms with E-state index in [2.05, 4.69) is 0 Å². The lowest BCUT2D eigenvalue weighted by atomic mass is 10.2. The second kappa shape index (κ2) is 11.5. The number of halogens is 1. The van der Waals surface area contributed by atoms with Crippen molar-refractivity contribution in [1.82, 2.24) is 0 Å². The molecule has 2 atom stereocenters. The Morgan fingerprint density at radius 2 is 1.19 bits per heavy atom. The first-order chi connectivity index (χ1) is 15.5. The van der Waals surface area contributed by atoms with Crippen LogP contribution in [0.25, 0.3) is 0 Å². The average molecular weight is 473 g/mol. The number of aryl methyl sites for hydroxylation is 1. The highest BCUT2D eigenvalue weighted by molar-refractivity contribution is 6.62. The molecule has 0 saturated carbocycles. The Kier molecular flexibility index (Phi) is 8.46. The van der Waals surface area contributed by atoms with Crippen molar-refractivity contribution in [2.45, 2.75) is 18.9 Å². The molecule has 10 heteroatoms. The molecule has 2 unspecified atom stereocenters. The van der Waals surface area contributed by atoms with Crippen LogP contribution in [0, 0.1) is 20.2 Å². The monoisotopic (exact) mass is 472 g/mol. The zero-order valence-electron chi connectivity index (χ0n) is 17.0. The van der Waals surface area contributed by atoms with Crippen LogP contribution >= 0.6 is 11.6 Å². The van der Waals surface area contributed by atoms with E-state index < -0.39 is 31.6 Å². The van der Waals surface area contributed by atoms with Crippen LogP contribution in [0.1, 0.15) is 29.1 Å². The molecule has 3 rings (SSSR count). The molecule has 0 saturated heterocycles. The molecule has 8 nitrogen and oxygen atoms in total. The zero-order chi connectivity index (χ0) is 22.9. The van der Waals surface area contributed by atoms with Gasteiger partial charge >= 0.3 is 21.7 Å². The van der Waals surface area contributed by atoms with Gasteiger partial charge in [0.25, 0.3) is 0 Å². The largest absolute Gasteiger partial charge is 0.367 e. The first-order valence-electron chi connectivity index (χ1n) is 9.83. The summed E-state index contributed by atoms with van der Waals surface area (Å²) >= 11 is 5.93. The standard InChI is InChI=1S/C22H21ClN2O6Si/c23-16-15-17-9-7-8-14-20(17)32(30-21(24(26)27)18-10-3-1-4-11-18)31-22(25(28)29)19-12-5-2-6-13-19/h1-14,21-22,32H,15-16H2. The minimum Gasteiger partial charge on any atom is -0.327 e. The SMILES string of the molecule is O=[N+]([O-])C(O[SiH](OC(c1ccccc1)[N+](=O)[O-])c1ccccc1CCCl)c1ccccc1. The molecule has 0 N–H and O–H groups in total. The molecule has 0 heterocycles. The Labute approximate surface area is 191 Å². The maximum atomic E-state index is 11.9. The van der Waals surface area contributed by atoms with E-state index in [-0.39, 0.29) is 0 Å². The predicted octanol–water partition coefficient (Wildman–Crippen LogP) is 3.88. The van der Waals surface area contributed by atoms with Crippen LogP contribution in [0.2, 0.25) is 0 Å². The number of hydrogen-bond acceptors (Lipinski definition) is 6. The minimum absolute atomic E-state index is 0.312. The molecule has 0 bridgehead atoms. The number of nitrogens with zero attached hydrogens (tertiary/aromatic N) is 2. The first-order valence-corrected chi connectivity index (χ1v) is 11.9. The van der Waals surface area contributed by atoms with Crippen molar-refractivity contribution in [3.8, 4) is 0 Å². The summed E-state index contributed by atoms with van der Waals surface area (Å²) < 4.78 is 11.9. The molecule has 166 valence electrons. The third-order valence-electron chi connectivity index (χ3n) is 4.73. The van der Waals surface area contributed by atoms with Crippen molar-refractivity contribution in [2.24, 2.45) is 0 Å². The van der Waals surface area contributed by atoms with E-state index >= 15 is 0 Å². The van der Waals surface area contributed by atoms with Gasteiger partial charge in [-0.05, 0) is 41.4 Å². The third-order valence-corrected chi connectivity index (χ3v) is 7.00. The number of nitro groups is 2. The molecule has 0 amide bonds. The van der Waals surface area contributed by atoms with Crippen molar-refractivity contribution < 1.29 is 18.7 Å². The van der Waals surface area contributed by atoms with Gasteiger partial charge in [-0.15, -0.1) is 11.6 Å². The summed E-state index contributed by atoms with van der Waals surface area (Å²) in [6.45, 7) is 0. The van der Waals surface area contributed by atoms with Crippen LogP contribution in [0.4, 0.5) is 0 Å². The Balaban J connectivity index is 2.03. The second-order valence-electron chi connectivity index (χ2n) is 6.84. The van der Waals surface area contributed by atoms with Crippen molar-refractivity contribution in [1.29, 1.82) is 0 Å². The van der Waals surface area contributed by atoms with Crippen LogP contribution in [0.3, 0.4) is 0 Å². The summed E-state index contributed by atoms with van der Waals surface area (Å²) in [6, 6.07) is 23.5. The molecule has 0 aromatic heterocycles. The average Bonchev–Trinajstić information content (AvgIpc) is 2.81.